The number of nitrogens with zero attached hydrogens (tertiary/aromatic N) is 2. The Morgan fingerprint density at radius 3 is 2.06 bits per heavy atom. The van der Waals surface area contributed by atoms with Gasteiger partial charge in [-0.15, -0.1) is 13.2 Å². The van der Waals surface area contributed by atoms with Gasteiger partial charge in [-0.05, 0) is 72.0 Å². The fourth-order valence-electron chi connectivity index (χ4n) is 5.07. The molecule has 48 heavy (non-hydrogen) atoms. The van der Waals surface area contributed by atoms with Crippen molar-refractivity contribution in [3.8, 4) is 11.4 Å². The molecule has 0 aliphatic rings. The predicted molar refractivity (Wildman–Crippen MR) is 162 cm³/mol. The number of benzene rings is 3. The number of aromatic nitrogens is 2. The van der Waals surface area contributed by atoms with Crippen molar-refractivity contribution in [3.63, 3.8) is 0 Å². The maximum Gasteiger partial charge on any atom is 0.573 e. The third-order valence-corrected chi connectivity index (χ3v) is 7.29. The number of carboxylic acid groups (broad SMARTS) is 1. The molecule has 1 aromatic heterocycles. The van der Waals surface area contributed by atoms with Crippen LogP contribution in [0, 0.1) is 0 Å². The van der Waals surface area contributed by atoms with Gasteiger partial charge in [0.15, 0.2) is 0 Å². The molecule has 15 heteroatoms. The van der Waals surface area contributed by atoms with Crippen LogP contribution in [0.25, 0.3) is 5.69 Å². The van der Waals surface area contributed by atoms with Crippen LogP contribution in [0.1, 0.15) is 65.1 Å². The fraction of sp³-hybridized carbons (Fsp3) is 0.273. The number of anilines is 1. The number of hydrogen-bond donors (Lipinski definition) is 3. The van der Waals surface area contributed by atoms with E-state index in [1.54, 1.807) is 12.1 Å². The Labute approximate surface area is 270 Å². The van der Waals surface area contributed by atoms with Gasteiger partial charge in [-0.3, -0.25) is 14.4 Å². The van der Waals surface area contributed by atoms with E-state index < -0.39 is 53.5 Å². The van der Waals surface area contributed by atoms with Crippen molar-refractivity contribution in [2.75, 3.05) is 11.9 Å². The molecule has 2 atom stereocenters. The highest BCUT2D eigenvalue weighted by Crippen LogP contribution is 2.39. The lowest BCUT2D eigenvalue weighted by atomic mass is 9.78. The van der Waals surface area contributed by atoms with E-state index >= 15 is 0 Å². The zero-order valence-corrected chi connectivity index (χ0v) is 25.3. The normalized spacial score (nSPS) is 13.0. The van der Waals surface area contributed by atoms with Crippen molar-refractivity contribution in [1.82, 2.24) is 15.1 Å². The summed E-state index contributed by atoms with van der Waals surface area (Å²) in [6.45, 7) is 1.83. The molecule has 0 spiro atoms. The molecule has 254 valence electrons. The second kappa shape index (κ2) is 15.0. The quantitative estimate of drug-likeness (QED) is 0.128. The van der Waals surface area contributed by atoms with Crippen LogP contribution in [0.3, 0.4) is 0 Å². The second-order valence-corrected chi connectivity index (χ2v) is 10.7. The molecule has 0 saturated heterocycles. The Kier molecular flexibility index (Phi) is 11.1. The van der Waals surface area contributed by atoms with E-state index in [4.69, 9.17) is 5.11 Å². The van der Waals surface area contributed by atoms with Gasteiger partial charge < -0.3 is 20.5 Å². The summed E-state index contributed by atoms with van der Waals surface area (Å²) < 4.78 is 82.5. The average Bonchev–Trinajstić information content (AvgIpc) is 3.53. The van der Waals surface area contributed by atoms with Gasteiger partial charge in [0.2, 0.25) is 5.91 Å². The molecule has 3 N–H and O–H groups in total. The van der Waals surface area contributed by atoms with E-state index in [0.717, 1.165) is 23.0 Å². The van der Waals surface area contributed by atoms with Crippen molar-refractivity contribution in [3.05, 3.63) is 107 Å². The number of hydrogen-bond acceptors (Lipinski definition) is 5. The third kappa shape index (κ3) is 9.59. The molecule has 9 nitrogen and oxygen atoms in total. The monoisotopic (exact) mass is 676 g/mol. The maximum atomic E-state index is 14.0. The first-order valence-electron chi connectivity index (χ1n) is 14.6. The highest BCUT2D eigenvalue weighted by atomic mass is 19.4. The van der Waals surface area contributed by atoms with E-state index in [0.29, 0.717) is 41.5 Å². The Morgan fingerprint density at radius 2 is 1.52 bits per heavy atom. The topological polar surface area (TPSA) is 123 Å². The molecule has 2 amide bonds. The number of nitrogens with one attached hydrogen (secondary N) is 2. The SMILES string of the molecule is CCC[C@H](c1ccc(C(=O)NCCC(=O)O)cc1)[C@@H](C(=O)Nc1ccc(-n2cc(C(F)(F)F)cn2)cc1)c1ccc(OC(F)(F)F)cc1. The van der Waals surface area contributed by atoms with Crippen LogP contribution in [0.4, 0.5) is 32.0 Å². The summed E-state index contributed by atoms with van der Waals surface area (Å²) in [5, 5.41) is 17.8. The Morgan fingerprint density at radius 1 is 0.896 bits per heavy atom. The number of alkyl halides is 6. The molecule has 0 saturated carbocycles. The van der Waals surface area contributed by atoms with Crippen LogP contribution in [0.5, 0.6) is 5.75 Å². The first-order chi connectivity index (χ1) is 22.6. The van der Waals surface area contributed by atoms with Gasteiger partial charge >= 0.3 is 18.5 Å². The van der Waals surface area contributed by atoms with Crippen molar-refractivity contribution in [2.24, 2.45) is 0 Å². The van der Waals surface area contributed by atoms with E-state index in [1.807, 2.05) is 6.92 Å². The molecule has 4 rings (SSSR count). The zero-order chi connectivity index (χ0) is 35.1. The summed E-state index contributed by atoms with van der Waals surface area (Å²) in [5.74, 6) is -4.00. The summed E-state index contributed by atoms with van der Waals surface area (Å²) in [4.78, 5) is 37.2. The average molecular weight is 677 g/mol. The van der Waals surface area contributed by atoms with E-state index in [2.05, 4.69) is 20.5 Å². The largest absolute Gasteiger partial charge is 0.573 e. The molecule has 0 unspecified atom stereocenters. The highest BCUT2D eigenvalue weighted by Gasteiger charge is 2.34. The van der Waals surface area contributed by atoms with E-state index in [9.17, 15) is 40.7 Å². The molecular formula is C33H30F6N4O5. The predicted octanol–water partition coefficient (Wildman–Crippen LogP) is 7.30. The Hall–Kier alpha value is -5.34. The maximum absolute atomic E-state index is 14.0. The summed E-state index contributed by atoms with van der Waals surface area (Å²) in [7, 11) is 0. The van der Waals surface area contributed by atoms with Gasteiger partial charge in [-0.25, -0.2) is 4.68 Å². The summed E-state index contributed by atoms with van der Waals surface area (Å²) in [5.41, 5.74) is 0.971. The zero-order valence-electron chi connectivity index (χ0n) is 25.3. The molecule has 1 heterocycles. The molecule has 3 aromatic carbocycles. The first kappa shape index (κ1) is 35.5. The summed E-state index contributed by atoms with van der Waals surface area (Å²) in [6, 6.07) is 17.2. The number of carboxylic acids is 1. The van der Waals surface area contributed by atoms with Crippen molar-refractivity contribution >= 4 is 23.5 Å². The lowest BCUT2D eigenvalue weighted by Gasteiger charge is -2.28. The second-order valence-electron chi connectivity index (χ2n) is 10.7. The van der Waals surface area contributed by atoms with Gasteiger partial charge in [0.05, 0.1) is 29.8 Å². The van der Waals surface area contributed by atoms with Crippen molar-refractivity contribution in [2.45, 2.75) is 50.6 Å². The lowest BCUT2D eigenvalue weighted by Crippen LogP contribution is -2.27. The molecular weight excluding hydrogens is 646 g/mol. The number of carbonyl (C=O) groups excluding carboxylic acids is 2. The number of carbonyl (C=O) groups is 3. The molecule has 0 aliphatic carbocycles. The molecule has 0 aliphatic heterocycles. The fourth-order valence-corrected chi connectivity index (χ4v) is 5.07. The smallest absolute Gasteiger partial charge is 0.481 e. The number of aliphatic carboxylic acids is 1. The number of amides is 2. The minimum atomic E-state index is -4.92. The van der Waals surface area contributed by atoms with Gasteiger partial charge in [-0.2, -0.15) is 18.3 Å². The molecule has 4 aromatic rings. The first-order valence-corrected chi connectivity index (χ1v) is 14.6. The molecule has 0 bridgehead atoms. The number of ether oxygens (including phenoxy) is 1. The molecule has 0 radical (unpaired) electrons. The van der Waals surface area contributed by atoms with Crippen LogP contribution < -0.4 is 15.4 Å². The highest BCUT2D eigenvalue weighted by molar-refractivity contribution is 5.97. The standard InChI is InChI=1S/C33H30F6N4O5/c1-2-3-27(20-4-6-22(7-5-20)30(46)40-17-16-28(44)45)29(21-8-14-26(15-9-21)48-33(37,38)39)31(47)42-24-10-12-25(13-11-24)43-19-23(18-41-43)32(34,35)36/h4-15,18-19,27,29H,2-3,16-17H2,1H3,(H,40,46)(H,42,47)(H,44,45)/t27-,29+/m1/s1. The van der Waals surface area contributed by atoms with Gasteiger partial charge in [-0.1, -0.05) is 37.6 Å². The Balaban J connectivity index is 1.62. The summed E-state index contributed by atoms with van der Waals surface area (Å²) >= 11 is 0. The van der Waals surface area contributed by atoms with Crippen LogP contribution in [0.15, 0.2) is 85.2 Å². The van der Waals surface area contributed by atoms with Gasteiger partial charge in [0, 0.05) is 24.0 Å². The van der Waals surface area contributed by atoms with Crippen LogP contribution in [-0.2, 0) is 15.8 Å². The van der Waals surface area contributed by atoms with E-state index in [-0.39, 0.29) is 18.5 Å². The van der Waals surface area contributed by atoms with Crippen molar-refractivity contribution < 1.29 is 50.6 Å². The minimum absolute atomic E-state index is 0.0673. The van der Waals surface area contributed by atoms with Crippen LogP contribution in [-0.4, -0.2) is 45.6 Å². The van der Waals surface area contributed by atoms with Crippen LogP contribution in [0.2, 0.25) is 0 Å². The minimum Gasteiger partial charge on any atom is -0.481 e. The summed E-state index contributed by atoms with van der Waals surface area (Å²) in [6.07, 6.45) is -7.14. The lowest BCUT2D eigenvalue weighted by molar-refractivity contribution is -0.274. The van der Waals surface area contributed by atoms with Gasteiger partial charge in [0.1, 0.15) is 5.75 Å². The Bertz CT molecular complexity index is 1700. The van der Waals surface area contributed by atoms with Crippen molar-refractivity contribution in [1.29, 1.82) is 0 Å². The number of rotatable bonds is 13. The molecule has 0 fully saturated rings. The van der Waals surface area contributed by atoms with Crippen LogP contribution >= 0.6 is 0 Å². The third-order valence-electron chi connectivity index (χ3n) is 7.29. The number of halogens is 6. The van der Waals surface area contributed by atoms with E-state index in [1.165, 1.54) is 48.5 Å². The van der Waals surface area contributed by atoms with Gasteiger partial charge in [0.25, 0.3) is 5.91 Å².